The van der Waals surface area contributed by atoms with Crippen LogP contribution in [0, 0.1) is 0 Å². The zero-order valence-electron chi connectivity index (χ0n) is 49.1. The molecule has 0 spiro atoms. The van der Waals surface area contributed by atoms with Crippen LogP contribution in [0.15, 0.2) is 146 Å². The van der Waals surface area contributed by atoms with Crippen molar-refractivity contribution in [3.05, 3.63) is 146 Å². The Balaban J connectivity index is 4.34. The number of quaternary nitrogens is 1. The van der Waals surface area contributed by atoms with Gasteiger partial charge >= 0.3 is 0 Å². The topological polar surface area (TPSA) is 108 Å². The van der Waals surface area contributed by atoms with Crippen molar-refractivity contribution >= 4 is 13.7 Å². The second kappa shape index (κ2) is 56.1. The van der Waals surface area contributed by atoms with Gasteiger partial charge in [-0.2, -0.15) is 0 Å². The van der Waals surface area contributed by atoms with Crippen molar-refractivity contribution in [1.82, 2.24) is 5.32 Å². The number of hydrogen-bond donors (Lipinski definition) is 2. The van der Waals surface area contributed by atoms with Gasteiger partial charge in [0.15, 0.2) is 0 Å². The lowest BCUT2D eigenvalue weighted by Gasteiger charge is -2.29. The van der Waals surface area contributed by atoms with E-state index in [1.165, 1.54) is 77.0 Å². The Morgan fingerprint density at radius 2 is 0.816 bits per heavy atom. The van der Waals surface area contributed by atoms with E-state index in [2.05, 4.69) is 153 Å². The second-order valence-electron chi connectivity index (χ2n) is 20.9. The fourth-order valence-electron chi connectivity index (χ4n) is 7.82. The number of allylic oxidation sites excluding steroid dienone is 23. The number of aliphatic hydroxyl groups excluding tert-OH is 1. The van der Waals surface area contributed by atoms with Crippen molar-refractivity contribution in [3.8, 4) is 0 Å². The molecular formula is C67H113N2O6P. The summed E-state index contributed by atoms with van der Waals surface area (Å²) in [5.41, 5.74) is 0. The van der Waals surface area contributed by atoms with Gasteiger partial charge in [-0.15, -0.1) is 0 Å². The highest BCUT2D eigenvalue weighted by Crippen LogP contribution is 2.38. The number of nitrogens with one attached hydrogen (secondary N) is 1. The van der Waals surface area contributed by atoms with Crippen molar-refractivity contribution in [2.75, 3.05) is 40.9 Å². The average Bonchev–Trinajstić information content (AvgIpc) is 3.38. The molecule has 3 unspecified atom stereocenters. The first-order valence-electron chi connectivity index (χ1n) is 30.2. The van der Waals surface area contributed by atoms with Crippen molar-refractivity contribution in [1.29, 1.82) is 0 Å². The Morgan fingerprint density at radius 1 is 0.474 bits per heavy atom. The number of unbranched alkanes of at least 4 members (excludes halogenated alkanes) is 18. The smallest absolute Gasteiger partial charge is 0.268 e. The monoisotopic (exact) mass is 1070 g/mol. The molecule has 0 aromatic carbocycles. The molecule has 0 aliphatic carbocycles. The SMILES string of the molecule is CC/C=C\C/C=C\C/C=C\C/C=C\C/C=C\C/C=C\C/C=C\C/C=C\C/C=C\CCCCCCCC(=O)NC(COP(=O)([O-])OCC[N+](C)(C)C)C(O)/C=C/CC/C=C/CC/C=C/CCCCCCCCCCCCC. The highest BCUT2D eigenvalue weighted by molar-refractivity contribution is 7.45. The number of phosphoric ester groups is 1. The molecule has 0 fully saturated rings. The summed E-state index contributed by atoms with van der Waals surface area (Å²) in [6.07, 6.45) is 86.4. The normalized spacial score (nSPS) is 14.9. The van der Waals surface area contributed by atoms with Crippen molar-refractivity contribution in [2.45, 2.75) is 231 Å². The van der Waals surface area contributed by atoms with E-state index in [0.717, 1.165) is 122 Å². The van der Waals surface area contributed by atoms with Crippen LogP contribution in [0.5, 0.6) is 0 Å². The molecule has 0 aliphatic rings. The summed E-state index contributed by atoms with van der Waals surface area (Å²) in [6.45, 7) is 4.48. The lowest BCUT2D eigenvalue weighted by Crippen LogP contribution is -2.45. The van der Waals surface area contributed by atoms with Gasteiger partial charge in [0.05, 0.1) is 39.9 Å². The lowest BCUT2D eigenvalue weighted by molar-refractivity contribution is -0.870. The molecule has 0 aliphatic heterocycles. The van der Waals surface area contributed by atoms with E-state index in [1.54, 1.807) is 6.08 Å². The van der Waals surface area contributed by atoms with Crippen LogP contribution in [-0.4, -0.2) is 68.5 Å². The molecule has 1 amide bonds. The Labute approximate surface area is 468 Å². The van der Waals surface area contributed by atoms with Gasteiger partial charge in [0.2, 0.25) is 5.91 Å². The fourth-order valence-corrected chi connectivity index (χ4v) is 8.55. The second-order valence-corrected chi connectivity index (χ2v) is 22.4. The summed E-state index contributed by atoms with van der Waals surface area (Å²) < 4.78 is 23.3. The van der Waals surface area contributed by atoms with Gasteiger partial charge in [0, 0.05) is 6.42 Å². The minimum Gasteiger partial charge on any atom is -0.756 e. The molecule has 0 radical (unpaired) electrons. The summed E-state index contributed by atoms with van der Waals surface area (Å²) in [5, 5.41) is 13.9. The predicted octanol–water partition coefficient (Wildman–Crippen LogP) is 18.2. The molecule has 0 rings (SSSR count). The van der Waals surface area contributed by atoms with Gasteiger partial charge in [-0.3, -0.25) is 9.36 Å². The molecule has 0 aromatic rings. The average molecular weight is 1070 g/mol. The number of carbonyl (C=O) groups is 1. The summed E-state index contributed by atoms with van der Waals surface area (Å²) in [4.78, 5) is 25.5. The summed E-state index contributed by atoms with van der Waals surface area (Å²) >= 11 is 0. The van der Waals surface area contributed by atoms with E-state index >= 15 is 0 Å². The number of hydrogen-bond acceptors (Lipinski definition) is 6. The Kier molecular flexibility index (Phi) is 53.4. The molecule has 3 atom stereocenters. The predicted molar refractivity (Wildman–Crippen MR) is 329 cm³/mol. The molecule has 432 valence electrons. The molecule has 8 nitrogen and oxygen atoms in total. The Morgan fingerprint density at radius 3 is 1.22 bits per heavy atom. The number of amides is 1. The minimum absolute atomic E-state index is 0.0214. The molecule has 76 heavy (non-hydrogen) atoms. The highest BCUT2D eigenvalue weighted by atomic mass is 31.2. The number of nitrogens with zero attached hydrogens (tertiary/aromatic N) is 1. The lowest BCUT2D eigenvalue weighted by atomic mass is 10.1. The van der Waals surface area contributed by atoms with Crippen LogP contribution >= 0.6 is 7.82 Å². The van der Waals surface area contributed by atoms with Crippen molar-refractivity contribution in [3.63, 3.8) is 0 Å². The maximum absolute atomic E-state index is 13.0. The van der Waals surface area contributed by atoms with E-state index in [1.807, 2.05) is 27.2 Å². The summed E-state index contributed by atoms with van der Waals surface area (Å²) in [5.74, 6) is -0.236. The maximum Gasteiger partial charge on any atom is 0.268 e. The third-order valence-corrected chi connectivity index (χ3v) is 13.5. The van der Waals surface area contributed by atoms with Gasteiger partial charge in [0.25, 0.3) is 7.82 Å². The first kappa shape index (κ1) is 72.4. The number of carbonyl (C=O) groups excluding carboxylic acids is 1. The fraction of sp³-hybridized carbons (Fsp3) is 0.627. The van der Waals surface area contributed by atoms with Crippen LogP contribution in [0.4, 0.5) is 0 Å². The first-order valence-corrected chi connectivity index (χ1v) is 31.7. The third kappa shape index (κ3) is 58.1. The van der Waals surface area contributed by atoms with Crippen LogP contribution in [0.1, 0.15) is 219 Å². The Hall–Kier alpha value is -3.62. The van der Waals surface area contributed by atoms with Crippen LogP contribution in [0.25, 0.3) is 0 Å². The van der Waals surface area contributed by atoms with Crippen LogP contribution in [0.3, 0.4) is 0 Å². The number of aliphatic hydroxyl groups is 1. The van der Waals surface area contributed by atoms with E-state index < -0.39 is 26.6 Å². The van der Waals surface area contributed by atoms with Gasteiger partial charge in [0.1, 0.15) is 13.2 Å². The van der Waals surface area contributed by atoms with E-state index in [4.69, 9.17) is 9.05 Å². The summed E-state index contributed by atoms with van der Waals surface area (Å²) in [6, 6.07) is -0.933. The van der Waals surface area contributed by atoms with Gasteiger partial charge < -0.3 is 28.8 Å². The van der Waals surface area contributed by atoms with Crippen LogP contribution in [0.2, 0.25) is 0 Å². The zero-order chi connectivity index (χ0) is 55.6. The highest BCUT2D eigenvalue weighted by Gasteiger charge is 2.23. The van der Waals surface area contributed by atoms with E-state index in [0.29, 0.717) is 17.4 Å². The largest absolute Gasteiger partial charge is 0.756 e. The third-order valence-electron chi connectivity index (χ3n) is 12.5. The van der Waals surface area contributed by atoms with Crippen LogP contribution in [-0.2, 0) is 18.4 Å². The minimum atomic E-state index is -4.63. The molecule has 0 saturated carbocycles. The number of phosphoric acid groups is 1. The Bertz CT molecular complexity index is 1740. The molecule has 0 saturated heterocycles. The van der Waals surface area contributed by atoms with E-state index in [9.17, 15) is 19.4 Å². The molecule has 9 heteroatoms. The van der Waals surface area contributed by atoms with Gasteiger partial charge in [-0.25, -0.2) is 0 Å². The van der Waals surface area contributed by atoms with Crippen molar-refractivity contribution < 1.29 is 32.9 Å². The quantitative estimate of drug-likeness (QED) is 0.0272. The standard InChI is InChI=1S/C67H113N2O6P/c1-6-8-10-12-14-16-18-20-22-24-26-28-29-30-31-32-33-34-35-36-37-38-39-41-43-45-47-49-51-53-55-57-59-61-67(71)68-65(64-75-76(72,73)74-63-62-69(3,4)5)66(70)60-58-56-54-52-50-48-46-44-42-40-27-25-23-21-19-17-15-13-11-9-7-2/h8,10,14,16,20,22,26,28,30-31,33-34,36-37,39,41-42,44-45,47,50,52,58,60,65-66,70H,6-7,9,11-13,15,17-19,21,23-25,27,29,32,35,38,40,43,46,48-49,51,53-57,59,61-64H2,1-5H3,(H-,68,71,72,73)/b10-8-,16-14-,22-20-,28-26-,31-30-,34-33-,37-36-,41-39-,44-42+,47-45-,52-50+,60-58+. The van der Waals surface area contributed by atoms with E-state index in [-0.39, 0.29) is 12.5 Å². The van der Waals surface area contributed by atoms with Gasteiger partial charge in [-0.1, -0.05) is 243 Å². The van der Waals surface area contributed by atoms with Crippen LogP contribution < -0.4 is 10.2 Å². The van der Waals surface area contributed by atoms with Crippen molar-refractivity contribution in [2.24, 2.45) is 0 Å². The number of rotatable bonds is 53. The zero-order valence-corrected chi connectivity index (χ0v) is 50.0. The van der Waals surface area contributed by atoms with Gasteiger partial charge in [-0.05, 0) is 116 Å². The maximum atomic E-state index is 13.0. The molecule has 0 heterocycles. The molecule has 0 bridgehead atoms. The molecular weight excluding hydrogens is 960 g/mol. The molecule has 2 N–H and O–H groups in total. The summed E-state index contributed by atoms with van der Waals surface area (Å²) in [7, 11) is 1.20. The first-order chi connectivity index (χ1) is 37.0. The molecule has 0 aromatic heterocycles. The number of likely N-dealkylation sites (N-methyl/N-ethyl adjacent to an activating group) is 1.